The molecule has 1 N–H and O–H groups in total. The lowest BCUT2D eigenvalue weighted by molar-refractivity contribution is 0.428. The number of benzene rings is 1. The number of hydrogen-bond acceptors (Lipinski definition) is 1. The molecule has 11 heavy (non-hydrogen) atoms. The van der Waals surface area contributed by atoms with Crippen molar-refractivity contribution in [1.29, 1.82) is 0 Å². The summed E-state index contributed by atoms with van der Waals surface area (Å²) >= 11 is 6.23. The molecule has 0 saturated carbocycles. The molecule has 0 aliphatic carbocycles. The molecule has 0 aliphatic rings. The highest BCUT2D eigenvalue weighted by Gasteiger charge is 2.10. The van der Waals surface area contributed by atoms with Crippen molar-refractivity contribution in [1.82, 2.24) is 0 Å². The zero-order valence-electron chi connectivity index (χ0n) is 5.66. The first kappa shape index (κ1) is 9.00. The Labute approximate surface area is 80.5 Å². The van der Waals surface area contributed by atoms with Crippen molar-refractivity contribution < 1.29 is 9.50 Å². The number of phenolic OH excluding ortho intramolecular Hbond substituents is 1. The van der Waals surface area contributed by atoms with E-state index in [9.17, 15) is 4.39 Å². The number of hydrogen-bond donors (Lipinski definition) is 1. The van der Waals surface area contributed by atoms with E-state index >= 15 is 0 Å². The number of rotatable bonds is 0. The van der Waals surface area contributed by atoms with Crippen molar-refractivity contribution in [2.45, 2.75) is 6.92 Å². The first-order valence-corrected chi connectivity index (χ1v) is 4.45. The van der Waals surface area contributed by atoms with Gasteiger partial charge in [0.1, 0.15) is 0 Å². The average molecular weight is 284 g/mol. The predicted molar refractivity (Wildman–Crippen MR) is 48.2 cm³/mol. The van der Waals surface area contributed by atoms with Gasteiger partial charge in [0.05, 0.1) is 4.47 Å². The first-order chi connectivity index (χ1) is 5.04. The van der Waals surface area contributed by atoms with Gasteiger partial charge in [-0.1, -0.05) is 0 Å². The summed E-state index contributed by atoms with van der Waals surface area (Å²) in [6.07, 6.45) is 0. The second-order valence-electron chi connectivity index (χ2n) is 2.15. The van der Waals surface area contributed by atoms with Gasteiger partial charge >= 0.3 is 0 Å². The van der Waals surface area contributed by atoms with Crippen LogP contribution in [0.15, 0.2) is 15.0 Å². The summed E-state index contributed by atoms with van der Waals surface area (Å²) in [4.78, 5) is 0. The van der Waals surface area contributed by atoms with Gasteiger partial charge in [-0.25, -0.2) is 4.39 Å². The Morgan fingerprint density at radius 3 is 2.45 bits per heavy atom. The molecule has 0 amide bonds. The summed E-state index contributed by atoms with van der Waals surface area (Å²) < 4.78 is 13.8. The molecule has 60 valence electrons. The van der Waals surface area contributed by atoms with Crippen molar-refractivity contribution in [3.63, 3.8) is 0 Å². The van der Waals surface area contributed by atoms with Crippen LogP contribution in [0.25, 0.3) is 0 Å². The highest BCUT2D eigenvalue weighted by molar-refractivity contribution is 9.13. The summed E-state index contributed by atoms with van der Waals surface area (Å²) in [5, 5.41) is 9.06. The Morgan fingerprint density at radius 2 is 1.91 bits per heavy atom. The second kappa shape index (κ2) is 3.11. The molecule has 0 bridgehead atoms. The van der Waals surface area contributed by atoms with Crippen LogP contribution < -0.4 is 0 Å². The van der Waals surface area contributed by atoms with Gasteiger partial charge in [-0.2, -0.15) is 0 Å². The fraction of sp³-hybridized carbons (Fsp3) is 0.143. The summed E-state index contributed by atoms with van der Waals surface area (Å²) in [5.74, 6) is -0.972. The Morgan fingerprint density at radius 1 is 1.36 bits per heavy atom. The van der Waals surface area contributed by atoms with Gasteiger partial charge in [0.2, 0.25) is 0 Å². The van der Waals surface area contributed by atoms with Crippen LogP contribution >= 0.6 is 31.9 Å². The smallest absolute Gasteiger partial charge is 0.166 e. The van der Waals surface area contributed by atoms with E-state index in [4.69, 9.17) is 5.11 Å². The van der Waals surface area contributed by atoms with Crippen molar-refractivity contribution in [2.24, 2.45) is 0 Å². The van der Waals surface area contributed by atoms with Crippen LogP contribution in [0.1, 0.15) is 5.56 Å². The van der Waals surface area contributed by atoms with Gasteiger partial charge in [-0.05, 0) is 50.4 Å². The van der Waals surface area contributed by atoms with Crippen molar-refractivity contribution in [3.05, 3.63) is 26.4 Å². The van der Waals surface area contributed by atoms with Crippen molar-refractivity contribution in [2.75, 3.05) is 0 Å². The second-order valence-corrected chi connectivity index (χ2v) is 3.74. The molecule has 1 rings (SSSR count). The molecule has 0 spiro atoms. The van der Waals surface area contributed by atoms with E-state index in [0.29, 0.717) is 8.95 Å². The third-order valence-electron chi connectivity index (χ3n) is 1.32. The Hall–Kier alpha value is -0.0900. The van der Waals surface area contributed by atoms with E-state index in [1.165, 1.54) is 6.07 Å². The van der Waals surface area contributed by atoms with Crippen LogP contribution in [0.4, 0.5) is 4.39 Å². The molecule has 0 atom stereocenters. The fourth-order valence-electron chi connectivity index (χ4n) is 0.704. The summed E-state index contributed by atoms with van der Waals surface area (Å²) in [6, 6.07) is 1.27. The van der Waals surface area contributed by atoms with Gasteiger partial charge in [0.25, 0.3) is 0 Å². The van der Waals surface area contributed by atoms with Gasteiger partial charge in [0.15, 0.2) is 11.6 Å². The minimum atomic E-state index is -0.613. The molecular formula is C7H5Br2FO. The van der Waals surface area contributed by atoms with Crippen molar-refractivity contribution >= 4 is 31.9 Å². The standard InChI is InChI=1S/C7H5Br2FO/c1-3-2-4(10)7(11)6(9)5(3)8/h2,11H,1H3. The van der Waals surface area contributed by atoms with E-state index in [0.717, 1.165) is 5.56 Å². The van der Waals surface area contributed by atoms with Gasteiger partial charge in [-0.15, -0.1) is 0 Å². The summed E-state index contributed by atoms with van der Waals surface area (Å²) in [6.45, 7) is 1.75. The van der Waals surface area contributed by atoms with Gasteiger partial charge < -0.3 is 5.11 Å². The van der Waals surface area contributed by atoms with E-state index < -0.39 is 5.82 Å². The van der Waals surface area contributed by atoms with Crippen LogP contribution in [0.2, 0.25) is 0 Å². The maximum absolute atomic E-state index is 12.7. The number of phenols is 1. The molecule has 0 aromatic heterocycles. The lowest BCUT2D eigenvalue weighted by atomic mass is 10.2. The Balaban J connectivity index is 3.46. The predicted octanol–water partition coefficient (Wildman–Crippen LogP) is 3.36. The molecule has 1 aromatic rings. The SMILES string of the molecule is Cc1cc(F)c(O)c(Br)c1Br. The molecule has 1 nitrogen and oxygen atoms in total. The molecule has 1 aromatic carbocycles. The number of aryl methyl sites for hydroxylation is 1. The third kappa shape index (κ3) is 1.56. The highest BCUT2D eigenvalue weighted by atomic mass is 79.9. The maximum Gasteiger partial charge on any atom is 0.166 e. The molecule has 0 heterocycles. The van der Waals surface area contributed by atoms with E-state index in [2.05, 4.69) is 31.9 Å². The highest BCUT2D eigenvalue weighted by Crippen LogP contribution is 2.36. The zero-order valence-corrected chi connectivity index (χ0v) is 8.83. The van der Waals surface area contributed by atoms with Crippen LogP contribution in [0, 0.1) is 12.7 Å². The number of aromatic hydroxyl groups is 1. The monoisotopic (exact) mass is 282 g/mol. The van der Waals surface area contributed by atoms with Crippen LogP contribution in [0.5, 0.6) is 5.75 Å². The lowest BCUT2D eigenvalue weighted by Crippen LogP contribution is -1.83. The molecule has 4 heteroatoms. The third-order valence-corrected chi connectivity index (χ3v) is 3.64. The quantitative estimate of drug-likeness (QED) is 0.724. The minimum absolute atomic E-state index is 0.356. The van der Waals surface area contributed by atoms with E-state index in [1.54, 1.807) is 6.92 Å². The largest absolute Gasteiger partial charge is 0.504 e. The topological polar surface area (TPSA) is 20.2 Å². The minimum Gasteiger partial charge on any atom is -0.504 e. The Bertz CT molecular complexity index is 273. The number of halogens is 3. The first-order valence-electron chi connectivity index (χ1n) is 2.87. The maximum atomic E-state index is 12.7. The normalized spacial score (nSPS) is 10.2. The van der Waals surface area contributed by atoms with Gasteiger partial charge in [0, 0.05) is 4.47 Å². The molecule has 0 aliphatic heterocycles. The van der Waals surface area contributed by atoms with Crippen LogP contribution in [0.3, 0.4) is 0 Å². The molecule has 0 fully saturated rings. The average Bonchev–Trinajstić information content (AvgIpc) is 1.97. The van der Waals surface area contributed by atoms with Crippen LogP contribution in [-0.2, 0) is 0 Å². The fourth-order valence-corrected chi connectivity index (χ4v) is 1.51. The molecule has 0 radical (unpaired) electrons. The molecule has 0 unspecified atom stereocenters. The van der Waals surface area contributed by atoms with E-state index in [-0.39, 0.29) is 5.75 Å². The van der Waals surface area contributed by atoms with Crippen molar-refractivity contribution in [3.8, 4) is 5.75 Å². The van der Waals surface area contributed by atoms with Gasteiger partial charge in [-0.3, -0.25) is 0 Å². The van der Waals surface area contributed by atoms with Crippen LogP contribution in [-0.4, -0.2) is 5.11 Å². The summed E-state index contributed by atoms with van der Waals surface area (Å²) in [7, 11) is 0. The van der Waals surface area contributed by atoms with E-state index in [1.807, 2.05) is 0 Å². The molecule has 0 saturated heterocycles. The summed E-state index contributed by atoms with van der Waals surface area (Å²) in [5.41, 5.74) is 0.743. The zero-order chi connectivity index (χ0) is 8.59. The lowest BCUT2D eigenvalue weighted by Gasteiger charge is -2.03. The molecular weight excluding hydrogens is 279 g/mol. The Kier molecular flexibility index (Phi) is 2.54.